The number of carbonyl (C=O) groups is 1. The molecule has 160 valence electrons. The molecule has 1 atom stereocenters. The Kier molecular flexibility index (Phi) is 6.69. The highest BCUT2D eigenvalue weighted by Crippen LogP contribution is 2.38. The Morgan fingerprint density at radius 3 is 1.97 bits per heavy atom. The van der Waals surface area contributed by atoms with Crippen molar-refractivity contribution >= 4 is 46.4 Å². The molecule has 7 heteroatoms. The number of hydrogen-bond acceptors (Lipinski definition) is 4. The van der Waals surface area contributed by atoms with Crippen molar-refractivity contribution < 1.29 is 9.90 Å². The van der Waals surface area contributed by atoms with Gasteiger partial charge in [-0.1, -0.05) is 65.7 Å². The fourth-order valence-electron chi connectivity index (χ4n) is 3.62. The number of carboxylic acids is 1. The van der Waals surface area contributed by atoms with Gasteiger partial charge in [-0.15, -0.1) is 0 Å². The number of para-hydroxylation sites is 2. The monoisotopic (exact) mass is 463 g/mol. The van der Waals surface area contributed by atoms with Gasteiger partial charge in [-0.2, -0.15) is 0 Å². The summed E-state index contributed by atoms with van der Waals surface area (Å²) in [4.78, 5) is 22.9. The summed E-state index contributed by atoms with van der Waals surface area (Å²) in [5, 5.41) is 10.7. The topological polar surface area (TPSA) is 66.3 Å². The number of benzene rings is 3. The number of nitrogens with zero attached hydrogens (tertiary/aromatic N) is 3. The van der Waals surface area contributed by atoms with Crippen LogP contribution in [0.2, 0.25) is 10.0 Å². The highest BCUT2D eigenvalue weighted by atomic mass is 35.5. The van der Waals surface area contributed by atoms with Crippen molar-refractivity contribution in [1.82, 2.24) is 9.97 Å². The Labute approximate surface area is 195 Å². The van der Waals surface area contributed by atoms with Crippen molar-refractivity contribution in [3.63, 3.8) is 0 Å². The first-order chi connectivity index (χ1) is 15.6. The number of aliphatic carboxylic acids is 1. The summed E-state index contributed by atoms with van der Waals surface area (Å²) in [6.07, 6.45) is 3.21. The first kappa shape index (κ1) is 21.8. The van der Waals surface area contributed by atoms with Gasteiger partial charge in [0.2, 0.25) is 0 Å². The molecule has 0 aliphatic carbocycles. The minimum absolute atomic E-state index is 0.116. The maximum absolute atomic E-state index is 12.3. The fourth-order valence-corrected chi connectivity index (χ4v) is 4.28. The number of anilines is 3. The van der Waals surface area contributed by atoms with Crippen LogP contribution in [-0.4, -0.2) is 21.0 Å². The van der Waals surface area contributed by atoms with Crippen LogP contribution in [0.4, 0.5) is 17.2 Å². The molecule has 0 bridgehead atoms. The van der Waals surface area contributed by atoms with Crippen molar-refractivity contribution in [1.29, 1.82) is 0 Å². The summed E-state index contributed by atoms with van der Waals surface area (Å²) in [6.45, 7) is 0. The smallest absolute Gasteiger partial charge is 0.311 e. The Balaban J connectivity index is 1.83. The van der Waals surface area contributed by atoms with Gasteiger partial charge in [0, 0.05) is 38.7 Å². The fraction of sp³-hybridized carbons (Fsp3) is 0.0800. The number of aromatic nitrogens is 2. The summed E-state index contributed by atoms with van der Waals surface area (Å²) in [7, 11) is 0. The Hall–Kier alpha value is -3.41. The lowest BCUT2D eigenvalue weighted by atomic mass is 9.92. The summed E-state index contributed by atoms with van der Waals surface area (Å²) in [6, 6.07) is 24.5. The van der Waals surface area contributed by atoms with Crippen LogP contribution in [0.25, 0.3) is 0 Å². The summed E-state index contributed by atoms with van der Waals surface area (Å²) in [5.74, 6) is -1.40. The van der Waals surface area contributed by atoms with E-state index in [-0.39, 0.29) is 6.42 Å². The molecule has 32 heavy (non-hydrogen) atoms. The van der Waals surface area contributed by atoms with Crippen LogP contribution in [0.1, 0.15) is 17.0 Å². The highest BCUT2D eigenvalue weighted by molar-refractivity contribution is 6.36. The number of rotatable bonds is 7. The molecule has 1 heterocycles. The van der Waals surface area contributed by atoms with E-state index in [0.29, 0.717) is 27.0 Å². The molecule has 0 aliphatic rings. The molecule has 0 saturated carbocycles. The van der Waals surface area contributed by atoms with Crippen molar-refractivity contribution in [2.75, 3.05) is 4.90 Å². The highest BCUT2D eigenvalue weighted by Gasteiger charge is 2.28. The zero-order valence-electron chi connectivity index (χ0n) is 16.9. The second kappa shape index (κ2) is 9.81. The lowest BCUT2D eigenvalue weighted by molar-refractivity contribution is -0.138. The molecular formula is C25H19Cl2N3O2. The lowest BCUT2D eigenvalue weighted by Gasteiger charge is -2.27. The zero-order valence-corrected chi connectivity index (χ0v) is 18.4. The average molecular weight is 464 g/mol. The molecule has 1 N–H and O–H groups in total. The molecule has 0 amide bonds. The standard InChI is InChI=1S/C25H19Cl2N3O2/c26-21-12-7-13-22(27)23(21)20(25(31)32)14-17-15-28-16-29-24(17)30(18-8-3-1-4-9-18)19-10-5-2-6-11-19/h1-13,15-16,20H,14H2,(H,31,32). The number of hydrogen-bond donors (Lipinski definition) is 1. The van der Waals surface area contributed by atoms with E-state index in [4.69, 9.17) is 23.2 Å². The Morgan fingerprint density at radius 1 is 0.875 bits per heavy atom. The largest absolute Gasteiger partial charge is 0.481 e. The van der Waals surface area contributed by atoms with E-state index in [0.717, 1.165) is 11.4 Å². The van der Waals surface area contributed by atoms with Gasteiger partial charge in [-0.25, -0.2) is 9.97 Å². The van der Waals surface area contributed by atoms with E-state index < -0.39 is 11.9 Å². The molecule has 4 rings (SSSR count). The molecule has 0 fully saturated rings. The van der Waals surface area contributed by atoms with E-state index in [2.05, 4.69) is 9.97 Å². The third-order valence-electron chi connectivity index (χ3n) is 5.08. The third-order valence-corrected chi connectivity index (χ3v) is 5.73. The lowest BCUT2D eigenvalue weighted by Crippen LogP contribution is -2.19. The molecule has 1 aromatic heterocycles. The molecule has 0 radical (unpaired) electrons. The van der Waals surface area contributed by atoms with Crippen molar-refractivity contribution in [2.24, 2.45) is 0 Å². The van der Waals surface area contributed by atoms with Gasteiger partial charge in [-0.05, 0) is 42.8 Å². The van der Waals surface area contributed by atoms with Crippen LogP contribution in [0, 0.1) is 0 Å². The van der Waals surface area contributed by atoms with Crippen molar-refractivity contribution in [3.8, 4) is 0 Å². The van der Waals surface area contributed by atoms with E-state index in [1.165, 1.54) is 6.33 Å². The zero-order chi connectivity index (χ0) is 22.5. The molecule has 0 spiro atoms. The van der Waals surface area contributed by atoms with Crippen molar-refractivity contribution in [2.45, 2.75) is 12.3 Å². The SMILES string of the molecule is O=C(O)C(Cc1cncnc1N(c1ccccc1)c1ccccc1)c1c(Cl)cccc1Cl. The predicted molar refractivity (Wildman–Crippen MR) is 127 cm³/mol. The molecule has 4 aromatic rings. The van der Waals surface area contributed by atoms with Gasteiger partial charge in [0.15, 0.2) is 0 Å². The quantitative estimate of drug-likeness (QED) is 0.331. The first-order valence-electron chi connectivity index (χ1n) is 9.92. The normalized spacial score (nSPS) is 11.7. The molecule has 3 aromatic carbocycles. The number of halogens is 2. The van der Waals surface area contributed by atoms with E-state index in [1.807, 2.05) is 65.6 Å². The Bertz CT molecular complexity index is 1160. The van der Waals surface area contributed by atoms with Crippen LogP contribution < -0.4 is 4.90 Å². The van der Waals surface area contributed by atoms with E-state index >= 15 is 0 Å². The molecular weight excluding hydrogens is 445 g/mol. The van der Waals surface area contributed by atoms with E-state index in [1.54, 1.807) is 24.4 Å². The van der Waals surface area contributed by atoms with Crippen molar-refractivity contribution in [3.05, 3.63) is 113 Å². The molecule has 5 nitrogen and oxygen atoms in total. The molecule has 0 saturated heterocycles. The van der Waals surface area contributed by atoms with Gasteiger partial charge < -0.3 is 5.11 Å². The van der Waals surface area contributed by atoms with Crippen LogP contribution in [0.5, 0.6) is 0 Å². The number of carboxylic acid groups (broad SMARTS) is 1. The predicted octanol–water partition coefficient (Wildman–Crippen LogP) is 6.66. The van der Waals surface area contributed by atoms with Gasteiger partial charge in [-0.3, -0.25) is 9.69 Å². The summed E-state index contributed by atoms with van der Waals surface area (Å²) >= 11 is 12.7. The second-order valence-corrected chi connectivity index (χ2v) is 7.92. The first-order valence-corrected chi connectivity index (χ1v) is 10.7. The van der Waals surface area contributed by atoms with Crippen LogP contribution in [0.3, 0.4) is 0 Å². The molecule has 1 unspecified atom stereocenters. The summed E-state index contributed by atoms with van der Waals surface area (Å²) < 4.78 is 0. The average Bonchev–Trinajstić information content (AvgIpc) is 2.81. The van der Waals surface area contributed by atoms with Gasteiger partial charge in [0.25, 0.3) is 0 Å². The minimum atomic E-state index is -1.03. The third kappa shape index (κ3) is 4.59. The maximum Gasteiger partial charge on any atom is 0.311 e. The Morgan fingerprint density at radius 2 is 1.44 bits per heavy atom. The second-order valence-electron chi connectivity index (χ2n) is 7.11. The molecule has 0 aliphatic heterocycles. The van der Waals surface area contributed by atoms with Gasteiger partial charge >= 0.3 is 5.97 Å². The van der Waals surface area contributed by atoms with E-state index in [9.17, 15) is 9.90 Å². The van der Waals surface area contributed by atoms with Crippen LogP contribution in [-0.2, 0) is 11.2 Å². The van der Waals surface area contributed by atoms with Gasteiger partial charge in [0.1, 0.15) is 12.1 Å². The van der Waals surface area contributed by atoms with Crippen LogP contribution >= 0.6 is 23.2 Å². The van der Waals surface area contributed by atoms with Crippen LogP contribution in [0.15, 0.2) is 91.4 Å². The maximum atomic E-state index is 12.3. The summed E-state index contributed by atoms with van der Waals surface area (Å²) in [5.41, 5.74) is 2.82. The van der Waals surface area contributed by atoms with Gasteiger partial charge in [0.05, 0.1) is 5.92 Å². The minimum Gasteiger partial charge on any atom is -0.481 e.